The Labute approximate surface area is 124 Å². The molecule has 0 atom stereocenters. The van der Waals surface area contributed by atoms with Gasteiger partial charge in [-0.25, -0.2) is 9.59 Å². The van der Waals surface area contributed by atoms with Gasteiger partial charge in [0, 0.05) is 24.3 Å². The summed E-state index contributed by atoms with van der Waals surface area (Å²) in [5.74, 6) is -1.40. The molecular weight excluding hydrogens is 330 g/mol. The van der Waals surface area contributed by atoms with Crippen LogP contribution in [-0.4, -0.2) is 48.6 Å². The first-order valence-electron chi connectivity index (χ1n) is 5.60. The molecule has 0 heterocycles. The number of hydrogen-bond acceptors (Lipinski definition) is 3. The van der Waals surface area contributed by atoms with Crippen molar-refractivity contribution in [3.8, 4) is 0 Å². The minimum absolute atomic E-state index is 0.0450. The Balaban J connectivity index is 2.80. The number of anilines is 1. The van der Waals surface area contributed by atoms with Gasteiger partial charge in [0.15, 0.2) is 0 Å². The number of carbonyl (C=O) groups is 3. The van der Waals surface area contributed by atoms with E-state index in [2.05, 4.69) is 26.6 Å². The average molecular weight is 344 g/mol. The Morgan fingerprint density at radius 3 is 2.50 bits per heavy atom. The molecule has 0 fully saturated rings. The Bertz CT molecular complexity index is 548. The van der Waals surface area contributed by atoms with E-state index in [4.69, 9.17) is 5.11 Å². The predicted octanol–water partition coefficient (Wildman–Crippen LogP) is 1.36. The van der Waals surface area contributed by atoms with E-state index in [-0.39, 0.29) is 18.0 Å². The lowest BCUT2D eigenvalue weighted by molar-refractivity contribution is -0.120. The van der Waals surface area contributed by atoms with Crippen molar-refractivity contribution in [3.63, 3.8) is 0 Å². The maximum atomic E-state index is 11.8. The monoisotopic (exact) mass is 343 g/mol. The van der Waals surface area contributed by atoms with Gasteiger partial charge in [-0.3, -0.25) is 4.79 Å². The molecule has 1 aromatic carbocycles. The smallest absolute Gasteiger partial charge is 0.335 e. The highest BCUT2D eigenvalue weighted by Gasteiger charge is 2.13. The van der Waals surface area contributed by atoms with Gasteiger partial charge in [0.2, 0.25) is 5.91 Å². The highest BCUT2D eigenvalue weighted by atomic mass is 79.9. The Hall–Kier alpha value is -2.09. The van der Waals surface area contributed by atoms with Crippen molar-refractivity contribution in [3.05, 3.63) is 28.2 Å². The van der Waals surface area contributed by atoms with Crippen molar-refractivity contribution in [2.75, 3.05) is 26.0 Å². The van der Waals surface area contributed by atoms with E-state index in [1.807, 2.05) is 0 Å². The lowest BCUT2D eigenvalue weighted by Gasteiger charge is -2.17. The molecule has 3 amide bonds. The molecule has 0 aliphatic carbocycles. The van der Waals surface area contributed by atoms with Gasteiger partial charge in [0.1, 0.15) is 6.54 Å². The van der Waals surface area contributed by atoms with Gasteiger partial charge >= 0.3 is 12.0 Å². The zero-order valence-corrected chi connectivity index (χ0v) is 12.5. The number of nitrogens with zero attached hydrogens (tertiary/aromatic N) is 1. The van der Waals surface area contributed by atoms with Crippen molar-refractivity contribution < 1.29 is 19.5 Å². The summed E-state index contributed by atoms with van der Waals surface area (Å²) in [5, 5.41) is 13.9. The summed E-state index contributed by atoms with van der Waals surface area (Å²) >= 11 is 3.17. The van der Waals surface area contributed by atoms with E-state index in [0.29, 0.717) is 10.2 Å². The molecule has 20 heavy (non-hydrogen) atoms. The SMILES string of the molecule is CNC(=O)CN(C)C(=O)Nc1cc(Br)cc(C(=O)O)c1. The number of amides is 3. The van der Waals surface area contributed by atoms with Crippen molar-refractivity contribution in [2.45, 2.75) is 0 Å². The standard InChI is InChI=1S/C12H14BrN3O4/c1-14-10(17)6-16(2)12(20)15-9-4-7(11(18)19)3-8(13)5-9/h3-5H,6H2,1-2H3,(H,14,17)(H,15,20)(H,18,19). The van der Waals surface area contributed by atoms with Crippen LogP contribution in [0.15, 0.2) is 22.7 Å². The maximum Gasteiger partial charge on any atom is 0.335 e. The summed E-state index contributed by atoms with van der Waals surface area (Å²) < 4.78 is 0.529. The quantitative estimate of drug-likeness (QED) is 0.768. The van der Waals surface area contributed by atoms with Gasteiger partial charge < -0.3 is 20.6 Å². The van der Waals surface area contributed by atoms with E-state index in [1.165, 1.54) is 31.1 Å². The highest BCUT2D eigenvalue weighted by molar-refractivity contribution is 9.10. The molecule has 0 aliphatic heterocycles. The van der Waals surface area contributed by atoms with Crippen LogP contribution in [0.1, 0.15) is 10.4 Å². The lowest BCUT2D eigenvalue weighted by Crippen LogP contribution is -2.39. The molecule has 1 rings (SSSR count). The van der Waals surface area contributed by atoms with Gasteiger partial charge in [-0.15, -0.1) is 0 Å². The van der Waals surface area contributed by atoms with E-state index >= 15 is 0 Å². The molecule has 3 N–H and O–H groups in total. The number of carboxylic acid groups (broad SMARTS) is 1. The molecular formula is C12H14BrN3O4. The van der Waals surface area contributed by atoms with Crippen LogP contribution in [0.25, 0.3) is 0 Å². The summed E-state index contributed by atoms with van der Waals surface area (Å²) in [6.45, 7) is -0.0951. The van der Waals surface area contributed by atoms with Crippen LogP contribution >= 0.6 is 15.9 Å². The molecule has 0 saturated carbocycles. The topological polar surface area (TPSA) is 98.7 Å². The largest absolute Gasteiger partial charge is 0.478 e. The molecule has 0 unspecified atom stereocenters. The third-order valence-electron chi connectivity index (χ3n) is 2.40. The van der Waals surface area contributed by atoms with Gasteiger partial charge in [-0.05, 0) is 18.2 Å². The van der Waals surface area contributed by atoms with Crippen LogP contribution < -0.4 is 10.6 Å². The second-order valence-corrected chi connectivity index (χ2v) is 4.91. The minimum atomic E-state index is -1.10. The molecule has 0 aliphatic rings. The first-order chi connectivity index (χ1) is 9.33. The zero-order valence-electron chi connectivity index (χ0n) is 10.9. The third kappa shape index (κ3) is 4.54. The van der Waals surface area contributed by atoms with Crippen LogP contribution in [0.5, 0.6) is 0 Å². The molecule has 8 heteroatoms. The molecule has 0 saturated heterocycles. The van der Waals surface area contributed by atoms with Crippen LogP contribution in [0.4, 0.5) is 10.5 Å². The van der Waals surface area contributed by atoms with Crippen LogP contribution in [0, 0.1) is 0 Å². The summed E-state index contributed by atoms with van der Waals surface area (Å²) in [4.78, 5) is 35.1. The highest BCUT2D eigenvalue weighted by Crippen LogP contribution is 2.20. The second-order valence-electron chi connectivity index (χ2n) is 3.99. The van der Waals surface area contributed by atoms with Crippen LogP contribution in [-0.2, 0) is 4.79 Å². The third-order valence-corrected chi connectivity index (χ3v) is 2.86. The maximum absolute atomic E-state index is 11.8. The first-order valence-corrected chi connectivity index (χ1v) is 6.39. The molecule has 0 spiro atoms. The van der Waals surface area contributed by atoms with E-state index in [1.54, 1.807) is 6.07 Å². The number of halogens is 1. The van der Waals surface area contributed by atoms with Gasteiger partial charge in [-0.2, -0.15) is 0 Å². The fourth-order valence-corrected chi connectivity index (χ4v) is 1.86. The van der Waals surface area contributed by atoms with Crippen molar-refractivity contribution >= 4 is 39.5 Å². The summed E-state index contributed by atoms with van der Waals surface area (Å²) in [6.07, 6.45) is 0. The van der Waals surface area contributed by atoms with Crippen molar-refractivity contribution in [1.29, 1.82) is 0 Å². The number of carboxylic acids is 1. The van der Waals surface area contributed by atoms with E-state index in [9.17, 15) is 14.4 Å². The number of hydrogen-bond donors (Lipinski definition) is 3. The number of nitrogens with one attached hydrogen (secondary N) is 2. The minimum Gasteiger partial charge on any atom is -0.478 e. The number of rotatable bonds is 4. The molecule has 108 valence electrons. The van der Waals surface area contributed by atoms with Crippen LogP contribution in [0.3, 0.4) is 0 Å². The number of urea groups is 1. The second kappa shape index (κ2) is 6.90. The van der Waals surface area contributed by atoms with E-state index < -0.39 is 12.0 Å². The Morgan fingerprint density at radius 2 is 1.95 bits per heavy atom. The predicted molar refractivity (Wildman–Crippen MR) is 76.8 cm³/mol. The number of benzene rings is 1. The summed E-state index contributed by atoms with van der Waals surface area (Å²) in [5.41, 5.74) is 0.370. The van der Waals surface area contributed by atoms with E-state index in [0.717, 1.165) is 0 Å². The zero-order chi connectivity index (χ0) is 15.3. The lowest BCUT2D eigenvalue weighted by atomic mass is 10.2. The molecule has 1 aromatic rings. The molecule has 0 aromatic heterocycles. The van der Waals surface area contributed by atoms with Gasteiger partial charge in [0.05, 0.1) is 5.56 Å². The normalized spacial score (nSPS) is 9.75. The van der Waals surface area contributed by atoms with Crippen molar-refractivity contribution in [2.24, 2.45) is 0 Å². The number of likely N-dealkylation sites (N-methyl/N-ethyl adjacent to an activating group) is 2. The van der Waals surface area contributed by atoms with Gasteiger partial charge in [0.25, 0.3) is 0 Å². The average Bonchev–Trinajstić information content (AvgIpc) is 2.37. The number of carbonyl (C=O) groups excluding carboxylic acids is 2. The summed E-state index contributed by atoms with van der Waals surface area (Å²) in [7, 11) is 2.93. The summed E-state index contributed by atoms with van der Waals surface area (Å²) in [6, 6.07) is 3.81. The Kier molecular flexibility index (Phi) is 5.51. The fourth-order valence-electron chi connectivity index (χ4n) is 1.37. The first kappa shape index (κ1) is 16.0. The van der Waals surface area contributed by atoms with Crippen LogP contribution in [0.2, 0.25) is 0 Å². The molecule has 0 radical (unpaired) electrons. The van der Waals surface area contributed by atoms with Crippen molar-refractivity contribution in [1.82, 2.24) is 10.2 Å². The molecule has 0 bridgehead atoms. The molecule has 7 nitrogen and oxygen atoms in total. The fraction of sp³-hybridized carbons (Fsp3) is 0.250. The number of aromatic carboxylic acids is 1. The Morgan fingerprint density at radius 1 is 1.30 bits per heavy atom. The van der Waals surface area contributed by atoms with Gasteiger partial charge in [-0.1, -0.05) is 15.9 Å².